The lowest BCUT2D eigenvalue weighted by Gasteiger charge is -2.13. The first kappa shape index (κ1) is 24.3. The van der Waals surface area contributed by atoms with Gasteiger partial charge in [-0.3, -0.25) is 9.59 Å². The number of carbonyl (C=O) groups is 2. The SMILES string of the molecule is COc1cccc(/C=N\NC(=O)c2cccc(C(F)(F)F)c2)c1OCC(=O)Nc1ccccc1. The van der Waals surface area contributed by atoms with Crippen LogP contribution in [0.3, 0.4) is 0 Å². The lowest BCUT2D eigenvalue weighted by Crippen LogP contribution is -2.21. The summed E-state index contributed by atoms with van der Waals surface area (Å²) in [6.07, 6.45) is -3.34. The number of rotatable bonds is 8. The highest BCUT2D eigenvalue weighted by Crippen LogP contribution is 2.31. The standard InChI is InChI=1S/C24H20F3N3O4/c1-33-20-12-6-8-17(22(20)34-15-21(31)29-19-10-3-2-4-11-19)14-28-30-23(32)16-7-5-9-18(13-16)24(25,26)27/h2-14H,15H2,1H3,(H,29,31)(H,30,32)/b28-14-. The summed E-state index contributed by atoms with van der Waals surface area (Å²) in [5, 5.41) is 6.48. The maximum absolute atomic E-state index is 12.9. The van der Waals surface area contributed by atoms with Gasteiger partial charge in [-0.05, 0) is 42.5 Å². The van der Waals surface area contributed by atoms with Gasteiger partial charge in [0.25, 0.3) is 11.8 Å². The van der Waals surface area contributed by atoms with E-state index in [9.17, 15) is 22.8 Å². The number of hydrazone groups is 1. The van der Waals surface area contributed by atoms with Crippen molar-refractivity contribution < 1.29 is 32.2 Å². The molecule has 0 saturated carbocycles. The Morgan fingerprint density at radius 3 is 2.44 bits per heavy atom. The second-order valence-corrected chi connectivity index (χ2v) is 6.86. The molecule has 0 heterocycles. The Morgan fingerprint density at radius 2 is 1.74 bits per heavy atom. The summed E-state index contributed by atoms with van der Waals surface area (Å²) in [7, 11) is 1.42. The van der Waals surface area contributed by atoms with Crippen molar-refractivity contribution in [3.8, 4) is 11.5 Å². The van der Waals surface area contributed by atoms with Gasteiger partial charge >= 0.3 is 6.18 Å². The van der Waals surface area contributed by atoms with Crippen LogP contribution in [0.15, 0.2) is 77.9 Å². The van der Waals surface area contributed by atoms with E-state index in [1.807, 2.05) is 6.07 Å². The summed E-state index contributed by atoms with van der Waals surface area (Å²) in [5.41, 5.74) is 2.01. The van der Waals surface area contributed by atoms with Crippen molar-refractivity contribution in [1.29, 1.82) is 0 Å². The monoisotopic (exact) mass is 471 g/mol. The van der Waals surface area contributed by atoms with Crippen molar-refractivity contribution in [3.63, 3.8) is 0 Å². The van der Waals surface area contributed by atoms with Crippen molar-refractivity contribution in [2.75, 3.05) is 19.0 Å². The molecule has 2 N–H and O–H groups in total. The molecule has 10 heteroatoms. The van der Waals surface area contributed by atoms with Gasteiger partial charge < -0.3 is 14.8 Å². The number of ether oxygens (including phenoxy) is 2. The summed E-state index contributed by atoms with van der Waals surface area (Å²) in [4.78, 5) is 24.4. The lowest BCUT2D eigenvalue weighted by atomic mass is 10.1. The molecule has 0 bridgehead atoms. The predicted molar refractivity (Wildman–Crippen MR) is 120 cm³/mol. The van der Waals surface area contributed by atoms with Crippen LogP contribution in [0.4, 0.5) is 18.9 Å². The number of halogens is 3. The zero-order valence-electron chi connectivity index (χ0n) is 17.9. The first-order chi connectivity index (χ1) is 16.3. The molecule has 0 fully saturated rings. The van der Waals surface area contributed by atoms with Gasteiger partial charge in [-0.1, -0.05) is 30.3 Å². The number of para-hydroxylation sites is 2. The molecule has 0 radical (unpaired) electrons. The highest BCUT2D eigenvalue weighted by atomic mass is 19.4. The predicted octanol–water partition coefficient (Wildman–Crippen LogP) is 4.50. The van der Waals surface area contributed by atoms with Gasteiger partial charge in [0.1, 0.15) is 0 Å². The first-order valence-electron chi connectivity index (χ1n) is 9.93. The summed E-state index contributed by atoms with van der Waals surface area (Å²) >= 11 is 0. The molecule has 0 atom stereocenters. The van der Waals surface area contributed by atoms with E-state index in [1.165, 1.54) is 19.4 Å². The van der Waals surface area contributed by atoms with E-state index < -0.39 is 23.6 Å². The molecular formula is C24H20F3N3O4. The minimum Gasteiger partial charge on any atom is -0.493 e. The number of benzene rings is 3. The van der Waals surface area contributed by atoms with Crippen LogP contribution in [0.1, 0.15) is 21.5 Å². The molecule has 176 valence electrons. The number of alkyl halides is 3. The van der Waals surface area contributed by atoms with E-state index in [1.54, 1.807) is 42.5 Å². The van der Waals surface area contributed by atoms with Crippen molar-refractivity contribution >= 4 is 23.7 Å². The van der Waals surface area contributed by atoms with Gasteiger partial charge in [-0.15, -0.1) is 0 Å². The topological polar surface area (TPSA) is 89.0 Å². The van der Waals surface area contributed by atoms with Crippen LogP contribution in [0.5, 0.6) is 11.5 Å². The highest BCUT2D eigenvalue weighted by molar-refractivity contribution is 5.95. The third kappa shape index (κ3) is 6.58. The maximum atomic E-state index is 12.9. The number of hydrogen-bond acceptors (Lipinski definition) is 5. The average Bonchev–Trinajstić information content (AvgIpc) is 2.83. The third-order valence-corrected chi connectivity index (χ3v) is 4.46. The molecule has 34 heavy (non-hydrogen) atoms. The number of amides is 2. The fourth-order valence-corrected chi connectivity index (χ4v) is 2.87. The summed E-state index contributed by atoms with van der Waals surface area (Å²) < 4.78 is 49.5. The maximum Gasteiger partial charge on any atom is 0.416 e. The molecule has 3 rings (SSSR count). The number of nitrogens with one attached hydrogen (secondary N) is 2. The van der Waals surface area contributed by atoms with Crippen molar-refractivity contribution in [2.24, 2.45) is 5.10 Å². The Bertz CT molecular complexity index is 1180. The van der Waals surface area contributed by atoms with E-state index in [4.69, 9.17) is 9.47 Å². The number of hydrogen-bond donors (Lipinski definition) is 2. The van der Waals surface area contributed by atoms with Gasteiger partial charge in [-0.25, -0.2) is 5.43 Å². The van der Waals surface area contributed by atoms with Gasteiger partial charge in [0, 0.05) is 16.8 Å². The van der Waals surface area contributed by atoms with E-state index in [2.05, 4.69) is 15.8 Å². The Hall–Kier alpha value is -4.34. The van der Waals surface area contributed by atoms with Crippen LogP contribution in [-0.4, -0.2) is 31.7 Å². The van der Waals surface area contributed by atoms with Crippen LogP contribution in [0.25, 0.3) is 0 Å². The Morgan fingerprint density at radius 1 is 1.00 bits per heavy atom. The van der Waals surface area contributed by atoms with Crippen LogP contribution in [-0.2, 0) is 11.0 Å². The van der Waals surface area contributed by atoms with E-state index in [-0.39, 0.29) is 17.9 Å². The Kier molecular flexibility index (Phi) is 7.86. The van der Waals surface area contributed by atoms with Gasteiger partial charge in [-0.2, -0.15) is 18.3 Å². The lowest BCUT2D eigenvalue weighted by molar-refractivity contribution is -0.137. The normalized spacial score (nSPS) is 11.2. The average molecular weight is 471 g/mol. The summed E-state index contributed by atoms with van der Waals surface area (Å²) in [5.74, 6) is -0.709. The van der Waals surface area contributed by atoms with Crippen molar-refractivity contribution in [1.82, 2.24) is 5.43 Å². The Balaban J connectivity index is 1.68. The molecule has 0 aromatic heterocycles. The molecule has 7 nitrogen and oxygen atoms in total. The first-order valence-corrected chi connectivity index (χ1v) is 9.93. The quantitative estimate of drug-likeness (QED) is 0.374. The number of anilines is 1. The van der Waals surface area contributed by atoms with Gasteiger partial charge in [0.05, 0.1) is 18.9 Å². The molecule has 0 aliphatic rings. The molecule has 0 unspecified atom stereocenters. The smallest absolute Gasteiger partial charge is 0.416 e. The number of carbonyl (C=O) groups excluding carboxylic acids is 2. The summed E-state index contributed by atoms with van der Waals surface area (Å²) in [6, 6.07) is 17.7. The van der Waals surface area contributed by atoms with Crippen molar-refractivity contribution in [3.05, 3.63) is 89.5 Å². The largest absolute Gasteiger partial charge is 0.493 e. The van der Waals surface area contributed by atoms with Crippen LogP contribution >= 0.6 is 0 Å². The van der Waals surface area contributed by atoms with E-state index >= 15 is 0 Å². The molecular weight excluding hydrogens is 451 g/mol. The van der Waals surface area contributed by atoms with Crippen LogP contribution in [0, 0.1) is 0 Å². The molecule has 2 amide bonds. The van der Waals surface area contributed by atoms with Gasteiger partial charge in [0.2, 0.25) is 0 Å². The minimum atomic E-state index is -4.57. The molecule has 0 spiro atoms. The molecule has 0 aliphatic carbocycles. The Labute approximate surface area is 193 Å². The van der Waals surface area contributed by atoms with Crippen LogP contribution < -0.4 is 20.2 Å². The molecule has 0 saturated heterocycles. The second-order valence-electron chi connectivity index (χ2n) is 6.86. The third-order valence-electron chi connectivity index (χ3n) is 4.46. The van der Waals surface area contributed by atoms with Crippen molar-refractivity contribution in [2.45, 2.75) is 6.18 Å². The number of methoxy groups -OCH3 is 1. The fraction of sp³-hybridized carbons (Fsp3) is 0.125. The van der Waals surface area contributed by atoms with E-state index in [0.29, 0.717) is 17.0 Å². The van der Waals surface area contributed by atoms with E-state index in [0.717, 1.165) is 18.2 Å². The second kappa shape index (κ2) is 11.0. The van der Waals surface area contributed by atoms with Crippen LogP contribution in [0.2, 0.25) is 0 Å². The molecule has 3 aromatic rings. The zero-order chi connectivity index (χ0) is 24.6. The summed E-state index contributed by atoms with van der Waals surface area (Å²) in [6.45, 7) is -0.327. The molecule has 3 aromatic carbocycles. The van der Waals surface area contributed by atoms with Gasteiger partial charge in [0.15, 0.2) is 18.1 Å². The highest BCUT2D eigenvalue weighted by Gasteiger charge is 2.30. The fourth-order valence-electron chi connectivity index (χ4n) is 2.87. The zero-order valence-corrected chi connectivity index (χ0v) is 17.9. The minimum absolute atomic E-state index is 0.199. The number of nitrogens with zero attached hydrogens (tertiary/aromatic N) is 1. The molecule has 0 aliphatic heterocycles.